The van der Waals surface area contributed by atoms with Crippen LogP contribution in [0.5, 0.6) is 0 Å². The molecule has 0 aliphatic rings. The Morgan fingerprint density at radius 1 is 1.16 bits per heavy atom. The maximum Gasteiger partial charge on any atom is 0.266 e. The zero-order valence-electron chi connectivity index (χ0n) is 10.3. The summed E-state index contributed by atoms with van der Waals surface area (Å²) >= 11 is 1.55. The van der Waals surface area contributed by atoms with Gasteiger partial charge in [0.1, 0.15) is 0 Å². The van der Waals surface area contributed by atoms with E-state index in [2.05, 4.69) is 4.98 Å². The van der Waals surface area contributed by atoms with E-state index < -0.39 is 0 Å². The number of benzene rings is 2. The van der Waals surface area contributed by atoms with Crippen molar-refractivity contribution in [2.24, 2.45) is 0 Å². The summed E-state index contributed by atoms with van der Waals surface area (Å²) in [6, 6.07) is 13.7. The van der Waals surface area contributed by atoms with E-state index in [-0.39, 0.29) is 5.56 Å². The number of aromatic nitrogens is 2. The van der Waals surface area contributed by atoms with Gasteiger partial charge in [-0.25, -0.2) is 4.98 Å². The van der Waals surface area contributed by atoms with E-state index >= 15 is 0 Å². The first-order valence-electron chi connectivity index (χ1n) is 6.05. The standard InChI is InChI=1S/C15H10N2OS/c1-9-6-7-11-10(8-9)14(18)17-12-4-2-3-5-13(12)19-15(17)16-11/h2-8H,1H3. The Balaban J connectivity index is 2.34. The molecule has 19 heavy (non-hydrogen) atoms. The molecule has 2 aromatic carbocycles. The Morgan fingerprint density at radius 3 is 2.89 bits per heavy atom. The lowest BCUT2D eigenvalue weighted by molar-refractivity contribution is 1.16. The molecule has 0 radical (unpaired) electrons. The zero-order valence-corrected chi connectivity index (χ0v) is 11.1. The average Bonchev–Trinajstić information content (AvgIpc) is 2.78. The van der Waals surface area contributed by atoms with Crippen molar-refractivity contribution in [1.29, 1.82) is 0 Å². The molecule has 0 N–H and O–H groups in total. The molecule has 0 amide bonds. The molecule has 0 bridgehead atoms. The van der Waals surface area contributed by atoms with Gasteiger partial charge in [-0.2, -0.15) is 0 Å². The number of hydrogen-bond donors (Lipinski definition) is 0. The topological polar surface area (TPSA) is 34.4 Å². The lowest BCUT2D eigenvalue weighted by atomic mass is 10.2. The Morgan fingerprint density at radius 2 is 2.00 bits per heavy atom. The van der Waals surface area contributed by atoms with E-state index in [1.165, 1.54) is 0 Å². The quantitative estimate of drug-likeness (QED) is 0.489. The van der Waals surface area contributed by atoms with Crippen molar-refractivity contribution < 1.29 is 0 Å². The van der Waals surface area contributed by atoms with Gasteiger partial charge in [-0.05, 0) is 31.2 Å². The zero-order chi connectivity index (χ0) is 13.0. The molecule has 0 aliphatic heterocycles. The summed E-state index contributed by atoms with van der Waals surface area (Å²) in [5, 5.41) is 0.682. The minimum Gasteiger partial charge on any atom is -0.268 e. The van der Waals surface area contributed by atoms with Crippen LogP contribution in [-0.4, -0.2) is 9.38 Å². The van der Waals surface area contributed by atoms with Crippen molar-refractivity contribution in [3.63, 3.8) is 0 Å². The molecule has 0 saturated heterocycles. The first-order valence-corrected chi connectivity index (χ1v) is 6.86. The van der Waals surface area contributed by atoms with Crippen LogP contribution in [0.25, 0.3) is 26.1 Å². The fourth-order valence-corrected chi connectivity index (χ4v) is 3.41. The highest BCUT2D eigenvalue weighted by atomic mass is 32.1. The predicted molar refractivity (Wildman–Crippen MR) is 79.1 cm³/mol. The number of nitrogens with zero attached hydrogens (tertiary/aromatic N) is 2. The van der Waals surface area contributed by atoms with Gasteiger partial charge < -0.3 is 0 Å². The molecule has 3 nitrogen and oxygen atoms in total. The maximum atomic E-state index is 12.6. The lowest BCUT2D eigenvalue weighted by Gasteiger charge is -2.00. The van der Waals surface area contributed by atoms with Crippen LogP contribution < -0.4 is 5.56 Å². The molecule has 0 unspecified atom stereocenters. The summed E-state index contributed by atoms with van der Waals surface area (Å²) in [6.45, 7) is 1.99. The van der Waals surface area contributed by atoms with Gasteiger partial charge in [-0.15, -0.1) is 0 Å². The van der Waals surface area contributed by atoms with Crippen molar-refractivity contribution in [1.82, 2.24) is 9.38 Å². The first kappa shape index (κ1) is 10.7. The van der Waals surface area contributed by atoms with Crippen LogP contribution in [0.3, 0.4) is 0 Å². The second-order valence-corrected chi connectivity index (χ2v) is 5.63. The van der Waals surface area contributed by atoms with Gasteiger partial charge in [0, 0.05) is 0 Å². The van der Waals surface area contributed by atoms with E-state index in [4.69, 9.17) is 0 Å². The van der Waals surface area contributed by atoms with Crippen LogP contribution in [0, 0.1) is 6.92 Å². The molecule has 0 fully saturated rings. The molecule has 4 aromatic rings. The SMILES string of the molecule is Cc1ccc2nc3sc4ccccc4n3c(=O)c2c1. The third kappa shape index (κ3) is 1.43. The number of rotatable bonds is 0. The average molecular weight is 266 g/mol. The normalized spacial score (nSPS) is 11.6. The van der Waals surface area contributed by atoms with Crippen molar-refractivity contribution in [2.45, 2.75) is 6.92 Å². The van der Waals surface area contributed by atoms with Crippen molar-refractivity contribution in [2.75, 3.05) is 0 Å². The second kappa shape index (κ2) is 3.65. The molecule has 0 saturated carbocycles. The van der Waals surface area contributed by atoms with Crippen LogP contribution in [0.4, 0.5) is 0 Å². The minimum atomic E-state index is 0.0150. The summed E-state index contributed by atoms with van der Waals surface area (Å²) < 4.78 is 2.79. The molecular formula is C15H10N2OS. The monoisotopic (exact) mass is 266 g/mol. The van der Waals surface area contributed by atoms with E-state index in [0.717, 1.165) is 26.3 Å². The molecule has 2 heterocycles. The number of aryl methyl sites for hydroxylation is 1. The highest BCUT2D eigenvalue weighted by molar-refractivity contribution is 7.23. The summed E-state index contributed by atoms with van der Waals surface area (Å²) in [5.74, 6) is 0. The van der Waals surface area contributed by atoms with Gasteiger partial charge in [0.15, 0.2) is 4.96 Å². The van der Waals surface area contributed by atoms with Gasteiger partial charge >= 0.3 is 0 Å². The third-order valence-electron chi connectivity index (χ3n) is 3.30. The number of hydrogen-bond acceptors (Lipinski definition) is 3. The highest BCUT2D eigenvalue weighted by Gasteiger charge is 2.10. The summed E-state index contributed by atoms with van der Waals surface area (Å²) in [5.41, 5.74) is 2.79. The van der Waals surface area contributed by atoms with E-state index in [0.29, 0.717) is 5.39 Å². The van der Waals surface area contributed by atoms with E-state index in [1.807, 2.05) is 49.4 Å². The summed E-state index contributed by atoms with van der Waals surface area (Å²) in [4.78, 5) is 18.0. The third-order valence-corrected chi connectivity index (χ3v) is 4.32. The first-order chi connectivity index (χ1) is 9.24. The van der Waals surface area contributed by atoms with Crippen molar-refractivity contribution in [3.05, 3.63) is 58.4 Å². The Kier molecular flexibility index (Phi) is 2.05. The Bertz CT molecular complexity index is 997. The Labute approximate surface area is 112 Å². The second-order valence-electron chi connectivity index (χ2n) is 4.63. The van der Waals surface area contributed by atoms with Crippen LogP contribution in [0.1, 0.15) is 5.56 Å². The number of thiazole rings is 1. The molecule has 0 atom stereocenters. The smallest absolute Gasteiger partial charge is 0.266 e. The predicted octanol–water partition coefficient (Wildman–Crippen LogP) is 3.37. The molecular weight excluding hydrogens is 256 g/mol. The minimum absolute atomic E-state index is 0.0150. The lowest BCUT2D eigenvalue weighted by Crippen LogP contribution is -2.13. The summed E-state index contributed by atoms with van der Waals surface area (Å²) in [7, 11) is 0. The molecule has 4 rings (SSSR count). The van der Waals surface area contributed by atoms with Crippen LogP contribution in [-0.2, 0) is 0 Å². The van der Waals surface area contributed by atoms with Crippen molar-refractivity contribution >= 4 is 37.4 Å². The Hall–Kier alpha value is -2.20. The van der Waals surface area contributed by atoms with Crippen molar-refractivity contribution in [3.8, 4) is 0 Å². The van der Waals surface area contributed by atoms with E-state index in [1.54, 1.807) is 15.7 Å². The van der Waals surface area contributed by atoms with Crippen LogP contribution >= 0.6 is 11.3 Å². The number of para-hydroxylation sites is 1. The largest absolute Gasteiger partial charge is 0.268 e. The molecule has 0 aliphatic carbocycles. The van der Waals surface area contributed by atoms with E-state index in [9.17, 15) is 4.79 Å². The van der Waals surface area contributed by atoms with Crippen LogP contribution in [0.15, 0.2) is 47.3 Å². The maximum absolute atomic E-state index is 12.6. The fraction of sp³-hybridized carbons (Fsp3) is 0.0667. The van der Waals surface area contributed by atoms with Gasteiger partial charge in [0.2, 0.25) is 0 Å². The molecule has 4 heteroatoms. The van der Waals surface area contributed by atoms with Gasteiger partial charge in [0.05, 0.1) is 21.1 Å². The number of fused-ring (bicyclic) bond motifs is 4. The summed E-state index contributed by atoms with van der Waals surface area (Å²) in [6.07, 6.45) is 0. The van der Waals surface area contributed by atoms with Crippen LogP contribution in [0.2, 0.25) is 0 Å². The van der Waals surface area contributed by atoms with Gasteiger partial charge in [-0.3, -0.25) is 9.20 Å². The molecule has 92 valence electrons. The van der Waals surface area contributed by atoms with Gasteiger partial charge in [0.25, 0.3) is 5.56 Å². The molecule has 2 aromatic heterocycles. The fourth-order valence-electron chi connectivity index (χ4n) is 2.39. The van der Waals surface area contributed by atoms with Gasteiger partial charge in [-0.1, -0.05) is 35.1 Å². The molecule has 0 spiro atoms. The highest BCUT2D eigenvalue weighted by Crippen LogP contribution is 2.24.